The highest BCUT2D eigenvalue weighted by atomic mass is 16.3. The fourth-order valence-electron chi connectivity index (χ4n) is 2.45. The fourth-order valence-corrected chi connectivity index (χ4v) is 2.45. The highest BCUT2D eigenvalue weighted by molar-refractivity contribution is 5.61. The minimum absolute atomic E-state index is 0.0198. The monoisotopic (exact) mass is 248 g/mol. The van der Waals surface area contributed by atoms with E-state index in [1.807, 2.05) is 13.0 Å². The van der Waals surface area contributed by atoms with Crippen molar-refractivity contribution in [1.82, 2.24) is 0 Å². The third-order valence-corrected chi connectivity index (χ3v) is 3.96. The van der Waals surface area contributed by atoms with Crippen LogP contribution in [0.5, 0.6) is 0 Å². The Balaban J connectivity index is 3.15. The van der Waals surface area contributed by atoms with Gasteiger partial charge in [0.05, 0.1) is 5.60 Å². The summed E-state index contributed by atoms with van der Waals surface area (Å²) in [7, 11) is 0. The molecule has 2 nitrogen and oxygen atoms in total. The van der Waals surface area contributed by atoms with Crippen molar-refractivity contribution >= 4 is 6.29 Å². The topological polar surface area (TPSA) is 37.3 Å². The molecule has 1 N–H and O–H groups in total. The van der Waals surface area contributed by atoms with Crippen molar-refractivity contribution in [2.24, 2.45) is 11.3 Å². The maximum absolute atomic E-state index is 11.1. The molecule has 2 heteroatoms. The molecule has 0 aliphatic heterocycles. The van der Waals surface area contributed by atoms with Crippen molar-refractivity contribution in [1.29, 1.82) is 0 Å². The molecule has 0 spiro atoms. The second kappa shape index (κ2) is 5.23. The van der Waals surface area contributed by atoms with E-state index in [0.717, 1.165) is 30.3 Å². The fraction of sp³-hybridized carbons (Fsp3) is 0.562. The second-order valence-corrected chi connectivity index (χ2v) is 6.03. The van der Waals surface area contributed by atoms with Gasteiger partial charge in [-0.25, -0.2) is 0 Å². The first-order valence-corrected chi connectivity index (χ1v) is 6.45. The predicted octanol–water partition coefficient (Wildman–Crippen LogP) is 3.43. The first-order chi connectivity index (χ1) is 8.23. The Hall–Kier alpha value is -1.15. The average molecular weight is 248 g/mol. The van der Waals surface area contributed by atoms with Crippen LogP contribution in [0.2, 0.25) is 0 Å². The van der Waals surface area contributed by atoms with Crippen molar-refractivity contribution in [3.05, 3.63) is 36.0 Å². The van der Waals surface area contributed by atoms with Gasteiger partial charge >= 0.3 is 0 Å². The van der Waals surface area contributed by atoms with Gasteiger partial charge in [0.15, 0.2) is 0 Å². The number of hydrogen-bond donors (Lipinski definition) is 1. The van der Waals surface area contributed by atoms with Crippen LogP contribution in [0.25, 0.3) is 0 Å². The Labute approximate surface area is 110 Å². The normalized spacial score (nSPS) is 27.1. The van der Waals surface area contributed by atoms with Crippen molar-refractivity contribution in [3.63, 3.8) is 0 Å². The number of allylic oxidation sites excluding steroid dienone is 3. The van der Waals surface area contributed by atoms with E-state index in [1.54, 1.807) is 13.0 Å². The molecule has 1 aliphatic carbocycles. The highest BCUT2D eigenvalue weighted by Crippen LogP contribution is 2.42. The molecule has 0 amide bonds. The molecular formula is C16H24O2. The Bertz CT molecular complexity index is 397. The molecule has 100 valence electrons. The van der Waals surface area contributed by atoms with Gasteiger partial charge in [-0.05, 0) is 43.8 Å². The number of carbonyl (C=O) groups is 1. The van der Waals surface area contributed by atoms with Crippen LogP contribution < -0.4 is 0 Å². The van der Waals surface area contributed by atoms with Crippen molar-refractivity contribution in [3.8, 4) is 0 Å². The van der Waals surface area contributed by atoms with E-state index in [0.29, 0.717) is 0 Å². The largest absolute Gasteiger partial charge is 0.382 e. The number of rotatable bonds is 4. The average Bonchev–Trinajstić information content (AvgIpc) is 2.28. The van der Waals surface area contributed by atoms with E-state index in [4.69, 9.17) is 0 Å². The maximum Gasteiger partial charge on any atom is 0.127 e. The number of aliphatic hydroxyl groups is 1. The molecular weight excluding hydrogens is 224 g/mol. The summed E-state index contributed by atoms with van der Waals surface area (Å²) in [6.07, 6.45) is 8.14. The molecule has 2 atom stereocenters. The summed E-state index contributed by atoms with van der Waals surface area (Å²) in [6.45, 7) is 11.7. The summed E-state index contributed by atoms with van der Waals surface area (Å²) < 4.78 is 0. The maximum atomic E-state index is 11.1. The number of carbonyl (C=O) groups excluding carboxylic acids is 1. The van der Waals surface area contributed by atoms with Crippen LogP contribution in [-0.4, -0.2) is 17.0 Å². The molecule has 0 radical (unpaired) electrons. The molecule has 2 unspecified atom stereocenters. The Morgan fingerprint density at radius 2 is 2.11 bits per heavy atom. The SMILES string of the molecule is C=CC(C)(O)C=CC1=C(C)C(C=O)CCC1(C)C. The zero-order chi connectivity index (χ0) is 14.0. The Morgan fingerprint density at radius 3 is 2.61 bits per heavy atom. The van der Waals surface area contributed by atoms with Gasteiger partial charge in [0.1, 0.15) is 6.29 Å². The predicted molar refractivity (Wildman–Crippen MR) is 75.2 cm³/mol. The molecule has 0 heterocycles. The van der Waals surface area contributed by atoms with Gasteiger partial charge < -0.3 is 9.90 Å². The lowest BCUT2D eigenvalue weighted by Crippen LogP contribution is -2.26. The minimum atomic E-state index is -1.00. The smallest absolute Gasteiger partial charge is 0.127 e. The quantitative estimate of drug-likeness (QED) is 0.611. The van der Waals surface area contributed by atoms with Crippen LogP contribution in [0, 0.1) is 11.3 Å². The van der Waals surface area contributed by atoms with Crippen LogP contribution in [0.4, 0.5) is 0 Å². The summed E-state index contributed by atoms with van der Waals surface area (Å²) in [4.78, 5) is 11.1. The van der Waals surface area contributed by atoms with Crippen LogP contribution in [-0.2, 0) is 4.79 Å². The standard InChI is InChI=1S/C16H24O2/c1-6-16(5,18)10-8-14-12(2)13(11-17)7-9-15(14,3)4/h6,8,10-11,13,18H,1,7,9H2,2-5H3. The Morgan fingerprint density at radius 1 is 1.50 bits per heavy atom. The molecule has 0 bridgehead atoms. The molecule has 0 aromatic carbocycles. The zero-order valence-electron chi connectivity index (χ0n) is 11.9. The zero-order valence-corrected chi connectivity index (χ0v) is 11.9. The van der Waals surface area contributed by atoms with E-state index in [1.165, 1.54) is 6.08 Å². The van der Waals surface area contributed by atoms with Crippen LogP contribution in [0.3, 0.4) is 0 Å². The molecule has 0 fully saturated rings. The lowest BCUT2D eigenvalue weighted by atomic mass is 9.69. The van der Waals surface area contributed by atoms with Crippen molar-refractivity contribution in [2.75, 3.05) is 0 Å². The minimum Gasteiger partial charge on any atom is -0.382 e. The summed E-state index contributed by atoms with van der Waals surface area (Å²) >= 11 is 0. The molecule has 0 saturated heterocycles. The van der Waals surface area contributed by atoms with Crippen LogP contribution in [0.1, 0.15) is 40.5 Å². The lowest BCUT2D eigenvalue weighted by molar-refractivity contribution is -0.110. The van der Waals surface area contributed by atoms with E-state index >= 15 is 0 Å². The summed E-state index contributed by atoms with van der Waals surface area (Å²) in [5.74, 6) is 0.0198. The summed E-state index contributed by atoms with van der Waals surface area (Å²) in [5, 5.41) is 9.94. The molecule has 0 saturated carbocycles. The van der Waals surface area contributed by atoms with Crippen molar-refractivity contribution < 1.29 is 9.90 Å². The molecule has 1 rings (SSSR count). The van der Waals surface area contributed by atoms with Gasteiger partial charge in [0, 0.05) is 5.92 Å². The van der Waals surface area contributed by atoms with Gasteiger partial charge in [0.25, 0.3) is 0 Å². The third-order valence-electron chi connectivity index (χ3n) is 3.96. The van der Waals surface area contributed by atoms with E-state index < -0.39 is 5.60 Å². The van der Waals surface area contributed by atoms with Gasteiger partial charge in [-0.2, -0.15) is 0 Å². The molecule has 0 aromatic heterocycles. The molecule has 18 heavy (non-hydrogen) atoms. The first kappa shape index (κ1) is 14.9. The van der Waals surface area contributed by atoms with Gasteiger partial charge in [-0.3, -0.25) is 0 Å². The second-order valence-electron chi connectivity index (χ2n) is 6.03. The summed E-state index contributed by atoms with van der Waals surface area (Å²) in [5.41, 5.74) is 1.33. The van der Waals surface area contributed by atoms with Gasteiger partial charge in [-0.1, -0.05) is 38.2 Å². The third kappa shape index (κ3) is 3.20. The number of hydrogen-bond acceptors (Lipinski definition) is 2. The number of aldehydes is 1. The Kier molecular flexibility index (Phi) is 4.33. The van der Waals surface area contributed by atoms with Crippen LogP contribution in [0.15, 0.2) is 36.0 Å². The molecule has 1 aliphatic rings. The van der Waals surface area contributed by atoms with Gasteiger partial charge in [0.2, 0.25) is 0 Å². The van der Waals surface area contributed by atoms with Gasteiger partial charge in [-0.15, -0.1) is 0 Å². The summed E-state index contributed by atoms with van der Waals surface area (Å²) in [6, 6.07) is 0. The first-order valence-electron chi connectivity index (χ1n) is 6.45. The van der Waals surface area contributed by atoms with Crippen molar-refractivity contribution in [2.45, 2.75) is 46.1 Å². The van der Waals surface area contributed by atoms with E-state index in [2.05, 4.69) is 20.4 Å². The lowest BCUT2D eigenvalue weighted by Gasteiger charge is -2.36. The van der Waals surface area contributed by atoms with E-state index in [9.17, 15) is 9.90 Å². The van der Waals surface area contributed by atoms with Crippen LogP contribution >= 0.6 is 0 Å². The highest BCUT2D eigenvalue weighted by Gasteiger charge is 2.31. The molecule has 0 aromatic rings. The van der Waals surface area contributed by atoms with E-state index in [-0.39, 0.29) is 11.3 Å².